The molecular formula is C15H18BrN3. The number of nitrogens with two attached hydrogens (primary N) is 1. The minimum absolute atomic E-state index is 0.229. The molecule has 0 aliphatic heterocycles. The van der Waals surface area contributed by atoms with E-state index in [0.29, 0.717) is 5.82 Å². The molecule has 1 atom stereocenters. The molecule has 0 spiro atoms. The molecule has 1 aromatic carbocycles. The summed E-state index contributed by atoms with van der Waals surface area (Å²) in [5.74, 6) is 0.609. The van der Waals surface area contributed by atoms with Crippen LogP contribution in [-0.2, 0) is 6.42 Å². The molecule has 0 fully saturated rings. The summed E-state index contributed by atoms with van der Waals surface area (Å²) in [5, 5.41) is 3.50. The van der Waals surface area contributed by atoms with E-state index in [0.717, 1.165) is 23.0 Å². The normalized spacial score (nSPS) is 12.3. The first-order valence-electron chi connectivity index (χ1n) is 6.39. The molecule has 2 rings (SSSR count). The predicted molar refractivity (Wildman–Crippen MR) is 82.9 cm³/mol. The minimum atomic E-state index is 0.229. The Morgan fingerprint density at radius 3 is 2.74 bits per heavy atom. The molecule has 3 nitrogen and oxygen atoms in total. The lowest BCUT2D eigenvalue weighted by molar-refractivity contribution is 0.548. The molecule has 0 bridgehead atoms. The largest absolute Gasteiger partial charge is 0.383 e. The summed E-state index contributed by atoms with van der Waals surface area (Å²) in [6, 6.07) is 12.5. The molecule has 19 heavy (non-hydrogen) atoms. The van der Waals surface area contributed by atoms with Gasteiger partial charge in [-0.05, 0) is 36.2 Å². The fraction of sp³-hybridized carbons (Fsp3) is 0.267. The standard InChI is InChI=1S/C15H18BrN3/c1-2-18-14(12-7-3-4-8-13(12)16)10-11-6-5-9-19-15(11)17/h3-9,14,18H,2,10H2,1H3,(H2,17,19). The highest BCUT2D eigenvalue weighted by atomic mass is 79.9. The van der Waals surface area contributed by atoms with Crippen LogP contribution in [0.1, 0.15) is 24.1 Å². The molecule has 1 heterocycles. The zero-order chi connectivity index (χ0) is 13.7. The van der Waals surface area contributed by atoms with Crippen LogP contribution in [0.5, 0.6) is 0 Å². The van der Waals surface area contributed by atoms with Crippen molar-refractivity contribution in [1.29, 1.82) is 0 Å². The van der Waals surface area contributed by atoms with Gasteiger partial charge in [-0.3, -0.25) is 0 Å². The lowest BCUT2D eigenvalue weighted by Crippen LogP contribution is -2.23. The second-order valence-electron chi connectivity index (χ2n) is 4.38. The van der Waals surface area contributed by atoms with Gasteiger partial charge in [-0.15, -0.1) is 0 Å². The molecule has 0 saturated carbocycles. The number of nitrogens with zero attached hydrogens (tertiary/aromatic N) is 1. The summed E-state index contributed by atoms with van der Waals surface area (Å²) in [6.45, 7) is 3.02. The highest BCUT2D eigenvalue weighted by Gasteiger charge is 2.15. The van der Waals surface area contributed by atoms with Crippen LogP contribution in [0, 0.1) is 0 Å². The zero-order valence-corrected chi connectivity index (χ0v) is 12.5. The number of hydrogen-bond acceptors (Lipinski definition) is 3. The quantitative estimate of drug-likeness (QED) is 0.888. The number of pyridine rings is 1. The molecule has 3 N–H and O–H groups in total. The Hall–Kier alpha value is -1.39. The second kappa shape index (κ2) is 6.68. The highest BCUT2D eigenvalue weighted by molar-refractivity contribution is 9.10. The fourth-order valence-corrected chi connectivity index (χ4v) is 2.70. The van der Waals surface area contributed by atoms with Crippen LogP contribution in [-0.4, -0.2) is 11.5 Å². The van der Waals surface area contributed by atoms with Crippen molar-refractivity contribution in [3.63, 3.8) is 0 Å². The number of likely N-dealkylation sites (N-methyl/N-ethyl adjacent to an activating group) is 1. The Morgan fingerprint density at radius 2 is 2.05 bits per heavy atom. The number of halogens is 1. The topological polar surface area (TPSA) is 50.9 Å². The molecule has 0 radical (unpaired) electrons. The molecular weight excluding hydrogens is 302 g/mol. The smallest absolute Gasteiger partial charge is 0.126 e. The van der Waals surface area contributed by atoms with Crippen LogP contribution >= 0.6 is 15.9 Å². The van der Waals surface area contributed by atoms with Gasteiger partial charge < -0.3 is 11.1 Å². The molecule has 0 aliphatic rings. The van der Waals surface area contributed by atoms with Crippen LogP contribution < -0.4 is 11.1 Å². The SMILES string of the molecule is CCNC(Cc1cccnc1N)c1ccccc1Br. The van der Waals surface area contributed by atoms with E-state index in [1.54, 1.807) is 6.20 Å². The number of anilines is 1. The van der Waals surface area contributed by atoms with Crippen molar-refractivity contribution in [2.45, 2.75) is 19.4 Å². The Balaban J connectivity index is 2.27. The fourth-order valence-electron chi connectivity index (χ4n) is 2.14. The van der Waals surface area contributed by atoms with Crippen molar-refractivity contribution in [2.24, 2.45) is 0 Å². The number of hydrogen-bond donors (Lipinski definition) is 2. The highest BCUT2D eigenvalue weighted by Crippen LogP contribution is 2.27. The van der Waals surface area contributed by atoms with Gasteiger partial charge in [0.2, 0.25) is 0 Å². The maximum absolute atomic E-state index is 5.93. The molecule has 0 saturated heterocycles. The monoisotopic (exact) mass is 319 g/mol. The summed E-state index contributed by atoms with van der Waals surface area (Å²) in [6.07, 6.45) is 2.55. The van der Waals surface area contributed by atoms with Gasteiger partial charge in [0.15, 0.2) is 0 Å². The maximum atomic E-state index is 5.93. The van der Waals surface area contributed by atoms with E-state index in [1.165, 1.54) is 5.56 Å². The summed E-state index contributed by atoms with van der Waals surface area (Å²) >= 11 is 3.61. The summed E-state index contributed by atoms with van der Waals surface area (Å²) in [4.78, 5) is 4.15. The molecule has 0 amide bonds. The summed E-state index contributed by atoms with van der Waals surface area (Å²) < 4.78 is 1.11. The van der Waals surface area contributed by atoms with Crippen molar-refractivity contribution in [3.05, 3.63) is 58.2 Å². The van der Waals surface area contributed by atoms with Crippen LogP contribution in [0.4, 0.5) is 5.82 Å². The number of aromatic nitrogens is 1. The number of nitrogens with one attached hydrogen (secondary N) is 1. The molecule has 100 valence electrons. The van der Waals surface area contributed by atoms with Crippen LogP contribution in [0.2, 0.25) is 0 Å². The maximum Gasteiger partial charge on any atom is 0.126 e. The number of benzene rings is 1. The van der Waals surface area contributed by atoms with Crippen molar-refractivity contribution in [2.75, 3.05) is 12.3 Å². The van der Waals surface area contributed by atoms with Gasteiger partial charge in [-0.25, -0.2) is 4.98 Å². The summed E-state index contributed by atoms with van der Waals surface area (Å²) in [7, 11) is 0. The average molecular weight is 320 g/mol. The van der Waals surface area contributed by atoms with E-state index in [1.807, 2.05) is 18.2 Å². The molecule has 1 aromatic heterocycles. The lowest BCUT2D eigenvalue weighted by Gasteiger charge is -2.20. The van der Waals surface area contributed by atoms with Gasteiger partial charge in [0.25, 0.3) is 0 Å². The van der Waals surface area contributed by atoms with Gasteiger partial charge in [0.1, 0.15) is 5.82 Å². The van der Waals surface area contributed by atoms with E-state index in [4.69, 9.17) is 5.73 Å². The van der Waals surface area contributed by atoms with E-state index in [-0.39, 0.29) is 6.04 Å². The van der Waals surface area contributed by atoms with Crippen molar-refractivity contribution in [3.8, 4) is 0 Å². The zero-order valence-electron chi connectivity index (χ0n) is 10.9. The summed E-state index contributed by atoms with van der Waals surface area (Å²) in [5.41, 5.74) is 8.25. The third-order valence-corrected chi connectivity index (χ3v) is 3.80. The van der Waals surface area contributed by atoms with Gasteiger partial charge in [-0.2, -0.15) is 0 Å². The predicted octanol–water partition coefficient (Wildman–Crippen LogP) is 3.32. The molecule has 0 aliphatic carbocycles. The van der Waals surface area contributed by atoms with E-state index >= 15 is 0 Å². The van der Waals surface area contributed by atoms with Crippen LogP contribution in [0.15, 0.2) is 47.1 Å². The second-order valence-corrected chi connectivity index (χ2v) is 5.24. The molecule has 1 unspecified atom stereocenters. The Bertz CT molecular complexity index is 542. The van der Waals surface area contributed by atoms with Crippen LogP contribution in [0.3, 0.4) is 0 Å². The lowest BCUT2D eigenvalue weighted by atomic mass is 9.99. The van der Waals surface area contributed by atoms with Gasteiger partial charge >= 0.3 is 0 Å². The first kappa shape index (κ1) is 14.0. The van der Waals surface area contributed by atoms with E-state index in [9.17, 15) is 0 Å². The first-order chi connectivity index (χ1) is 9.22. The number of nitrogen functional groups attached to an aromatic ring is 1. The Labute approximate surface area is 122 Å². The first-order valence-corrected chi connectivity index (χ1v) is 7.18. The Morgan fingerprint density at radius 1 is 1.26 bits per heavy atom. The molecule has 2 aromatic rings. The van der Waals surface area contributed by atoms with E-state index in [2.05, 4.69) is 51.4 Å². The average Bonchev–Trinajstić information content (AvgIpc) is 2.41. The third-order valence-electron chi connectivity index (χ3n) is 3.08. The van der Waals surface area contributed by atoms with Crippen molar-refractivity contribution >= 4 is 21.7 Å². The third kappa shape index (κ3) is 3.55. The van der Waals surface area contributed by atoms with Crippen LogP contribution in [0.25, 0.3) is 0 Å². The van der Waals surface area contributed by atoms with Gasteiger partial charge in [-0.1, -0.05) is 47.1 Å². The van der Waals surface area contributed by atoms with Crippen molar-refractivity contribution in [1.82, 2.24) is 10.3 Å². The molecule has 4 heteroatoms. The Kier molecular flexibility index (Phi) is 4.93. The van der Waals surface area contributed by atoms with E-state index < -0.39 is 0 Å². The van der Waals surface area contributed by atoms with Crippen molar-refractivity contribution < 1.29 is 0 Å². The number of rotatable bonds is 5. The minimum Gasteiger partial charge on any atom is -0.383 e. The van der Waals surface area contributed by atoms with Gasteiger partial charge in [0, 0.05) is 16.7 Å². The van der Waals surface area contributed by atoms with Gasteiger partial charge in [0.05, 0.1) is 0 Å².